The summed E-state index contributed by atoms with van der Waals surface area (Å²) in [6.07, 6.45) is 11.2. The van der Waals surface area contributed by atoms with Gasteiger partial charge in [-0.15, -0.1) is 0 Å². The minimum atomic E-state index is -4.47. The van der Waals surface area contributed by atoms with Gasteiger partial charge in [0.15, 0.2) is 0 Å². The second-order valence-electron chi connectivity index (χ2n) is 18.2. The number of rotatable bonds is 5. The molecule has 233 valence electrons. The summed E-state index contributed by atoms with van der Waals surface area (Å²) in [5.41, 5.74) is 14.2. The fourth-order valence-corrected chi connectivity index (χ4v) is 35.7. The van der Waals surface area contributed by atoms with Gasteiger partial charge in [-0.05, 0) is 0 Å². The molecule has 4 aromatic carbocycles. The van der Waals surface area contributed by atoms with Crippen LogP contribution in [0.3, 0.4) is 0 Å². The zero-order chi connectivity index (χ0) is 32.5. The molecule has 45 heavy (non-hydrogen) atoms. The van der Waals surface area contributed by atoms with Crippen LogP contribution >= 0.6 is 0 Å². The van der Waals surface area contributed by atoms with Crippen molar-refractivity contribution < 1.29 is 16.5 Å². The van der Waals surface area contributed by atoms with Gasteiger partial charge in [-0.2, -0.15) is 0 Å². The van der Waals surface area contributed by atoms with Crippen LogP contribution < -0.4 is 0 Å². The summed E-state index contributed by atoms with van der Waals surface area (Å²) in [6, 6.07) is 32.7. The Kier molecular flexibility index (Phi) is 7.34. The molecule has 6 rings (SSSR count). The van der Waals surface area contributed by atoms with Crippen molar-refractivity contribution >= 4 is 15.9 Å². The first-order valence-electron chi connectivity index (χ1n) is 17.1. The maximum atomic E-state index is 2.83. The number of hydrogen-bond acceptors (Lipinski definition) is 0. The van der Waals surface area contributed by atoms with E-state index in [9.17, 15) is 0 Å². The quantitative estimate of drug-likeness (QED) is 0.178. The Hall–Kier alpha value is -2.90. The number of benzene rings is 4. The normalized spacial score (nSPS) is 19.2. The van der Waals surface area contributed by atoms with Gasteiger partial charge >= 0.3 is 272 Å². The molecule has 0 saturated carbocycles. The zero-order valence-electron chi connectivity index (χ0n) is 29.3. The van der Waals surface area contributed by atoms with E-state index in [0.717, 1.165) is 6.42 Å². The van der Waals surface area contributed by atoms with E-state index in [1.165, 1.54) is 55.6 Å². The average molecular weight is 760 g/mol. The summed E-state index contributed by atoms with van der Waals surface area (Å²) >= 11 is -4.47. The summed E-state index contributed by atoms with van der Waals surface area (Å²) < 4.78 is 11.9. The second kappa shape index (κ2) is 10.3. The first kappa shape index (κ1) is 32.1. The Morgan fingerprint density at radius 3 is 1.27 bits per heavy atom. The van der Waals surface area contributed by atoms with Gasteiger partial charge in [-0.1, -0.05) is 0 Å². The molecule has 4 aromatic rings. The number of fused-ring (bicyclic) bond motifs is 2. The average Bonchev–Trinajstić information content (AvgIpc) is 3.63. The van der Waals surface area contributed by atoms with E-state index < -0.39 is 16.5 Å². The Morgan fingerprint density at radius 2 is 0.933 bits per heavy atom. The summed E-state index contributed by atoms with van der Waals surface area (Å²) in [4.78, 5) is 0. The predicted octanol–water partition coefficient (Wildman–Crippen LogP) is 13.0. The van der Waals surface area contributed by atoms with Crippen molar-refractivity contribution in [1.29, 1.82) is 0 Å². The van der Waals surface area contributed by atoms with Crippen LogP contribution in [0.25, 0.3) is 34.4 Å². The van der Waals surface area contributed by atoms with Crippen molar-refractivity contribution in [3.63, 3.8) is 0 Å². The molecule has 2 aliphatic rings. The molecular formula is C44H53Hf. The molecule has 2 aliphatic carbocycles. The van der Waals surface area contributed by atoms with Crippen LogP contribution in [0.1, 0.15) is 95.6 Å². The van der Waals surface area contributed by atoms with E-state index >= 15 is 0 Å². The van der Waals surface area contributed by atoms with Gasteiger partial charge in [-0.3, -0.25) is 0 Å². The van der Waals surface area contributed by atoms with E-state index in [0.29, 0.717) is 7.35 Å². The van der Waals surface area contributed by atoms with E-state index in [1.807, 2.05) is 0 Å². The molecule has 2 atom stereocenters. The molecule has 0 amide bonds. The van der Waals surface area contributed by atoms with E-state index in [1.54, 1.807) is 0 Å². The summed E-state index contributed by atoms with van der Waals surface area (Å²) in [5.74, 6) is 0. The maximum absolute atomic E-state index is 4.47. The van der Waals surface area contributed by atoms with Crippen LogP contribution in [0.15, 0.2) is 97.1 Å². The predicted molar refractivity (Wildman–Crippen MR) is 199 cm³/mol. The summed E-state index contributed by atoms with van der Waals surface area (Å²) in [6.45, 7) is 16.1. The molecule has 2 unspecified atom stereocenters. The van der Waals surface area contributed by atoms with Crippen LogP contribution in [0, 0.1) is 0 Å². The molecule has 1 heteroatoms. The van der Waals surface area contributed by atoms with Gasteiger partial charge in [0.05, 0.1) is 0 Å². The van der Waals surface area contributed by atoms with Crippen molar-refractivity contribution in [2.45, 2.75) is 87.1 Å². The Bertz CT molecular complexity index is 1790. The molecule has 0 nitrogen and oxygen atoms in total. The molecule has 0 bridgehead atoms. The second-order valence-corrected chi connectivity index (χ2v) is 57.1. The number of allylic oxidation sites excluding steroid dienone is 2. The van der Waals surface area contributed by atoms with Crippen molar-refractivity contribution in [1.82, 2.24) is 0 Å². The monoisotopic (exact) mass is 761 g/mol. The molecule has 0 spiro atoms. The Balaban J connectivity index is 1.46. The fraction of sp³-hybridized carbons (Fsp3) is 0.341. The molecule has 0 fully saturated rings. The van der Waals surface area contributed by atoms with Gasteiger partial charge in [0.25, 0.3) is 0 Å². The molecule has 0 heterocycles. The van der Waals surface area contributed by atoms with Crippen LogP contribution in [-0.2, 0) is 27.4 Å². The van der Waals surface area contributed by atoms with Crippen molar-refractivity contribution in [2.75, 3.05) is 0 Å². The van der Waals surface area contributed by atoms with Crippen LogP contribution in [0.4, 0.5) is 0 Å². The van der Waals surface area contributed by atoms with Crippen molar-refractivity contribution in [3.8, 4) is 22.3 Å². The van der Waals surface area contributed by atoms with Gasteiger partial charge in [0.2, 0.25) is 0 Å². The van der Waals surface area contributed by atoms with Gasteiger partial charge < -0.3 is 0 Å². The SMILES string of the molecule is CC[CH]=[Hf]([CH3])([CH3])([CH3])([CH]1C=Cc2c(-c3ccc(C(C)(C)C)cc3)cccc21)[CH]1C=Cc2c(-c3ccc(C(C)(C)C)cc3)cccc21. The van der Waals surface area contributed by atoms with Crippen molar-refractivity contribution in [3.05, 3.63) is 130 Å². The Morgan fingerprint density at radius 1 is 0.556 bits per heavy atom. The van der Waals surface area contributed by atoms with E-state index in [-0.39, 0.29) is 10.8 Å². The number of hydrogen-bond donors (Lipinski definition) is 0. The van der Waals surface area contributed by atoms with Crippen LogP contribution in [-0.4, -0.2) is 3.76 Å². The van der Waals surface area contributed by atoms with E-state index in [4.69, 9.17) is 0 Å². The molecule has 0 N–H and O–H groups in total. The third-order valence-electron chi connectivity index (χ3n) is 11.6. The third-order valence-corrected chi connectivity index (χ3v) is 41.4. The molecule has 0 aliphatic heterocycles. The Labute approximate surface area is 270 Å². The third kappa shape index (κ3) is 5.28. The summed E-state index contributed by atoms with van der Waals surface area (Å²) in [7, 11) is 0. The van der Waals surface area contributed by atoms with Gasteiger partial charge in [0.1, 0.15) is 0 Å². The molecule has 0 aromatic heterocycles. The first-order chi connectivity index (χ1) is 21.0. The first-order valence-corrected chi connectivity index (χ1v) is 34.1. The summed E-state index contributed by atoms with van der Waals surface area (Å²) in [5, 5.41) is 0. The standard InChI is InChI=1S/2C19H19.C3H6.3CH3.Hf/c2*1-19(2,3)16-12-10-15(11-13-16)18-9-5-7-14-6-4-8-17(14)18;1-3-2;;;;/h2*4-13H,1-3H3;1H,3H2,2H3;3*1H3;. The topological polar surface area (TPSA) is 0 Å². The minimum absolute atomic E-state index is 0.151. The fourth-order valence-electron chi connectivity index (χ4n) is 8.86. The van der Waals surface area contributed by atoms with Crippen LogP contribution in [0.2, 0.25) is 14.0 Å². The van der Waals surface area contributed by atoms with Crippen LogP contribution in [0.5, 0.6) is 0 Å². The molecule has 0 radical (unpaired) electrons. The van der Waals surface area contributed by atoms with Gasteiger partial charge in [0, 0.05) is 0 Å². The van der Waals surface area contributed by atoms with Crippen molar-refractivity contribution in [2.24, 2.45) is 0 Å². The molecular weight excluding hydrogens is 707 g/mol. The van der Waals surface area contributed by atoms with Gasteiger partial charge in [-0.25, -0.2) is 0 Å². The zero-order valence-corrected chi connectivity index (χ0v) is 32.9. The van der Waals surface area contributed by atoms with E-state index in [2.05, 4.69) is 175 Å². The molecule has 0 saturated heterocycles.